The number of rotatable bonds is 5. The van der Waals surface area contributed by atoms with Gasteiger partial charge in [-0.2, -0.15) is 13.2 Å². The molecule has 2 fully saturated rings. The van der Waals surface area contributed by atoms with E-state index in [0.717, 1.165) is 11.3 Å². The van der Waals surface area contributed by atoms with Crippen molar-refractivity contribution in [3.8, 4) is 0 Å². The van der Waals surface area contributed by atoms with E-state index in [1.54, 1.807) is 4.90 Å². The van der Waals surface area contributed by atoms with Crippen LogP contribution in [0.2, 0.25) is 0 Å². The van der Waals surface area contributed by atoms with Crippen molar-refractivity contribution >= 4 is 24.2 Å². The summed E-state index contributed by atoms with van der Waals surface area (Å²) < 4.78 is 43.4. The Morgan fingerprint density at radius 2 is 1.96 bits per heavy atom. The molecule has 0 saturated carbocycles. The molecule has 2 aliphatic rings. The van der Waals surface area contributed by atoms with E-state index in [0.29, 0.717) is 32.4 Å². The van der Waals surface area contributed by atoms with Gasteiger partial charge in [-0.15, -0.1) is 12.4 Å². The molecule has 2 heterocycles. The fourth-order valence-electron chi connectivity index (χ4n) is 3.46. The Balaban J connectivity index is 0.00000338. The quantitative estimate of drug-likeness (QED) is 0.758. The summed E-state index contributed by atoms with van der Waals surface area (Å²) in [6.45, 7) is 1.27. The summed E-state index contributed by atoms with van der Waals surface area (Å²) in [5.74, 6) is -1.32. The Morgan fingerprint density at radius 3 is 2.50 bits per heavy atom. The van der Waals surface area contributed by atoms with Crippen LogP contribution in [-0.2, 0) is 14.3 Å². The van der Waals surface area contributed by atoms with Gasteiger partial charge in [0.15, 0.2) is 0 Å². The molecule has 2 N–H and O–H groups in total. The van der Waals surface area contributed by atoms with E-state index in [2.05, 4.69) is 0 Å². The number of hydrogen-bond acceptors (Lipinski definition) is 4. The van der Waals surface area contributed by atoms with E-state index < -0.39 is 30.7 Å². The minimum Gasteiger partial charge on any atom is -0.364 e. The molecular formula is C16H27ClF3N3O3. The van der Waals surface area contributed by atoms with Gasteiger partial charge in [0, 0.05) is 26.2 Å². The number of hydrogen-bond donors (Lipinski definition) is 1. The number of nitrogens with two attached hydrogens (primary N) is 1. The van der Waals surface area contributed by atoms with Crippen molar-refractivity contribution in [1.82, 2.24) is 9.80 Å². The largest absolute Gasteiger partial charge is 0.406 e. The van der Waals surface area contributed by atoms with E-state index in [1.165, 1.54) is 6.92 Å². The van der Waals surface area contributed by atoms with E-state index in [-0.39, 0.29) is 37.5 Å². The molecule has 0 spiro atoms. The number of piperidine rings is 1. The number of amides is 2. The van der Waals surface area contributed by atoms with E-state index in [1.807, 2.05) is 0 Å². The Kier molecular flexibility index (Phi) is 8.62. The van der Waals surface area contributed by atoms with E-state index >= 15 is 0 Å². The SMILES string of the molecule is CCN(CC(F)(F)F)C(=O)C1CCCN(C(=O)[C@@H]2CC[C@H](CN)O2)C1.Cl. The minimum absolute atomic E-state index is 0. The van der Waals surface area contributed by atoms with Gasteiger partial charge in [0.2, 0.25) is 5.91 Å². The topological polar surface area (TPSA) is 75.9 Å². The molecule has 0 aliphatic carbocycles. The summed E-state index contributed by atoms with van der Waals surface area (Å²) in [5, 5.41) is 0. The second kappa shape index (κ2) is 9.75. The third-order valence-corrected chi connectivity index (χ3v) is 4.79. The third kappa shape index (κ3) is 5.99. The smallest absolute Gasteiger partial charge is 0.364 e. The van der Waals surface area contributed by atoms with Gasteiger partial charge in [-0.1, -0.05) is 0 Å². The summed E-state index contributed by atoms with van der Waals surface area (Å²) in [6.07, 6.45) is -2.71. The van der Waals surface area contributed by atoms with Gasteiger partial charge in [-0.25, -0.2) is 0 Å². The maximum Gasteiger partial charge on any atom is 0.406 e. The molecule has 2 amide bonds. The maximum atomic E-state index is 12.6. The normalized spacial score (nSPS) is 26.3. The predicted octanol–water partition coefficient (Wildman–Crippen LogP) is 1.56. The second-order valence-electron chi connectivity index (χ2n) is 6.65. The summed E-state index contributed by atoms with van der Waals surface area (Å²) in [7, 11) is 0. The molecule has 0 aromatic rings. The van der Waals surface area contributed by atoms with Crippen molar-refractivity contribution in [2.75, 3.05) is 32.7 Å². The molecule has 1 unspecified atom stereocenters. The Labute approximate surface area is 157 Å². The highest BCUT2D eigenvalue weighted by molar-refractivity contribution is 5.85. The fraction of sp³-hybridized carbons (Fsp3) is 0.875. The molecule has 6 nitrogen and oxygen atoms in total. The summed E-state index contributed by atoms with van der Waals surface area (Å²) in [6, 6.07) is 0. The van der Waals surface area contributed by atoms with Crippen LogP contribution in [0.15, 0.2) is 0 Å². The molecule has 2 saturated heterocycles. The first-order valence-corrected chi connectivity index (χ1v) is 8.75. The highest BCUT2D eigenvalue weighted by Gasteiger charge is 2.39. The number of ether oxygens (including phenoxy) is 1. The zero-order valence-corrected chi connectivity index (χ0v) is 15.7. The van der Waals surface area contributed by atoms with Gasteiger partial charge in [0.05, 0.1) is 12.0 Å². The van der Waals surface area contributed by atoms with Gasteiger partial charge in [0.25, 0.3) is 5.91 Å². The maximum absolute atomic E-state index is 12.6. The van der Waals surface area contributed by atoms with Crippen LogP contribution < -0.4 is 5.73 Å². The Morgan fingerprint density at radius 1 is 1.27 bits per heavy atom. The number of halogens is 4. The number of carbonyl (C=O) groups excluding carboxylic acids is 2. The van der Waals surface area contributed by atoms with Crippen LogP contribution in [0, 0.1) is 5.92 Å². The van der Waals surface area contributed by atoms with E-state index in [4.69, 9.17) is 10.5 Å². The zero-order chi connectivity index (χ0) is 18.6. The summed E-state index contributed by atoms with van der Waals surface area (Å²) in [4.78, 5) is 27.4. The number of nitrogens with zero attached hydrogens (tertiary/aromatic N) is 2. The molecule has 152 valence electrons. The average molecular weight is 402 g/mol. The molecular weight excluding hydrogens is 375 g/mol. The lowest BCUT2D eigenvalue weighted by molar-refractivity contribution is -0.165. The molecule has 0 aromatic heterocycles. The lowest BCUT2D eigenvalue weighted by atomic mass is 9.95. The van der Waals surface area contributed by atoms with Crippen molar-refractivity contribution in [1.29, 1.82) is 0 Å². The molecule has 26 heavy (non-hydrogen) atoms. The Hall–Kier alpha value is -1.06. The molecule has 10 heteroatoms. The van der Waals surface area contributed by atoms with Crippen LogP contribution in [0.1, 0.15) is 32.6 Å². The van der Waals surface area contributed by atoms with Crippen molar-refractivity contribution in [3.63, 3.8) is 0 Å². The van der Waals surface area contributed by atoms with Gasteiger partial charge in [0.1, 0.15) is 12.6 Å². The van der Waals surface area contributed by atoms with Gasteiger partial charge >= 0.3 is 6.18 Å². The molecule has 0 bridgehead atoms. The summed E-state index contributed by atoms with van der Waals surface area (Å²) >= 11 is 0. The van der Waals surface area contributed by atoms with Crippen LogP contribution in [0.25, 0.3) is 0 Å². The fourth-order valence-corrected chi connectivity index (χ4v) is 3.46. The third-order valence-electron chi connectivity index (χ3n) is 4.79. The number of likely N-dealkylation sites (tertiary alicyclic amines) is 1. The van der Waals surface area contributed by atoms with Crippen LogP contribution in [-0.4, -0.2) is 72.7 Å². The van der Waals surface area contributed by atoms with Crippen LogP contribution in [0.4, 0.5) is 13.2 Å². The van der Waals surface area contributed by atoms with Gasteiger partial charge in [-0.3, -0.25) is 9.59 Å². The van der Waals surface area contributed by atoms with Crippen molar-refractivity contribution in [2.45, 2.75) is 51.0 Å². The second-order valence-corrected chi connectivity index (χ2v) is 6.65. The first-order valence-electron chi connectivity index (χ1n) is 8.75. The standard InChI is InChI=1S/C16H26F3N3O3.ClH/c1-2-21(10-16(17,18)19)14(23)11-4-3-7-22(9-11)15(24)13-6-5-12(8-20)25-13;/h11-13H,2-10,20H2,1H3;1H/t11?,12-,13+;/m1./s1. The number of carbonyl (C=O) groups is 2. The van der Waals surface area contributed by atoms with E-state index in [9.17, 15) is 22.8 Å². The van der Waals surface area contributed by atoms with Crippen molar-refractivity contribution in [3.05, 3.63) is 0 Å². The molecule has 2 rings (SSSR count). The van der Waals surface area contributed by atoms with Crippen molar-refractivity contribution in [2.24, 2.45) is 11.7 Å². The molecule has 0 aromatic carbocycles. The lowest BCUT2D eigenvalue weighted by Crippen LogP contribution is -2.50. The first-order chi connectivity index (χ1) is 11.7. The predicted molar refractivity (Wildman–Crippen MR) is 91.8 cm³/mol. The van der Waals surface area contributed by atoms with Gasteiger partial charge in [-0.05, 0) is 32.6 Å². The first kappa shape index (κ1) is 23.0. The summed E-state index contributed by atoms with van der Waals surface area (Å²) in [5.41, 5.74) is 5.54. The average Bonchev–Trinajstić information content (AvgIpc) is 3.07. The van der Waals surface area contributed by atoms with Crippen LogP contribution in [0.3, 0.4) is 0 Å². The number of alkyl halides is 3. The molecule has 3 atom stereocenters. The van der Waals surface area contributed by atoms with Crippen LogP contribution in [0.5, 0.6) is 0 Å². The monoisotopic (exact) mass is 401 g/mol. The van der Waals surface area contributed by atoms with Crippen LogP contribution >= 0.6 is 12.4 Å². The van der Waals surface area contributed by atoms with Gasteiger partial charge < -0.3 is 20.3 Å². The molecule has 2 aliphatic heterocycles. The molecule has 0 radical (unpaired) electrons. The zero-order valence-electron chi connectivity index (χ0n) is 14.8. The minimum atomic E-state index is -4.43. The highest BCUT2D eigenvalue weighted by atomic mass is 35.5. The highest BCUT2D eigenvalue weighted by Crippen LogP contribution is 2.26. The Bertz CT molecular complexity index is 493. The van der Waals surface area contributed by atoms with Crippen molar-refractivity contribution < 1.29 is 27.5 Å². The lowest BCUT2D eigenvalue weighted by Gasteiger charge is -2.36.